The number of benzene rings is 1. The van der Waals surface area contributed by atoms with Crippen LogP contribution >= 0.6 is 0 Å². The van der Waals surface area contributed by atoms with Crippen LogP contribution in [-0.4, -0.2) is 36.7 Å². The first-order valence-corrected chi connectivity index (χ1v) is 10.7. The first-order valence-electron chi connectivity index (χ1n) is 10.7. The molecule has 31 heavy (non-hydrogen) atoms. The second-order valence-corrected chi connectivity index (χ2v) is 7.83. The van der Waals surface area contributed by atoms with Crippen molar-refractivity contribution in [2.24, 2.45) is 0 Å². The summed E-state index contributed by atoms with van der Waals surface area (Å²) in [5.41, 5.74) is 1.58. The third-order valence-electron chi connectivity index (χ3n) is 5.88. The van der Waals surface area contributed by atoms with E-state index in [0.717, 1.165) is 18.7 Å². The van der Waals surface area contributed by atoms with E-state index in [0.29, 0.717) is 40.5 Å². The molecule has 0 amide bonds. The Balaban J connectivity index is 1.54. The first kappa shape index (κ1) is 19.4. The number of esters is 1. The topological polar surface area (TPSA) is 91.4 Å². The highest BCUT2D eigenvalue weighted by molar-refractivity contribution is 5.89. The second kappa shape index (κ2) is 7.94. The molecule has 158 valence electrons. The Morgan fingerprint density at radius 3 is 2.65 bits per heavy atom. The van der Waals surface area contributed by atoms with Crippen molar-refractivity contribution in [3.05, 3.63) is 64.5 Å². The van der Waals surface area contributed by atoms with E-state index >= 15 is 0 Å². The summed E-state index contributed by atoms with van der Waals surface area (Å²) in [7, 11) is 0. The van der Waals surface area contributed by atoms with Gasteiger partial charge in [0.1, 0.15) is 0 Å². The average molecular weight is 417 g/mol. The Bertz CT molecular complexity index is 1320. The van der Waals surface area contributed by atoms with Crippen molar-refractivity contribution in [2.45, 2.75) is 44.9 Å². The van der Waals surface area contributed by atoms with Crippen molar-refractivity contribution >= 4 is 22.6 Å². The lowest BCUT2D eigenvalue weighted by Gasteiger charge is -2.17. The number of ether oxygens (including phenoxy) is 1. The molecule has 0 radical (unpaired) electrons. The Morgan fingerprint density at radius 1 is 1.13 bits per heavy atom. The lowest BCUT2D eigenvalue weighted by Crippen LogP contribution is -2.19. The van der Waals surface area contributed by atoms with Crippen LogP contribution < -0.4 is 5.56 Å². The number of hydrogen-bond acceptors (Lipinski definition) is 6. The third-order valence-corrected chi connectivity index (χ3v) is 5.88. The van der Waals surface area contributed by atoms with E-state index in [4.69, 9.17) is 9.84 Å². The summed E-state index contributed by atoms with van der Waals surface area (Å²) in [5.74, 6) is 1.32. The SMILES string of the molecule is CCOC(=O)c1ccc(-n2ccc3c(cnc4nc(C5CCCCC5)nn43)c2=O)cc1. The van der Waals surface area contributed by atoms with Crippen molar-refractivity contribution in [2.75, 3.05) is 6.61 Å². The lowest BCUT2D eigenvalue weighted by molar-refractivity contribution is 0.0526. The van der Waals surface area contributed by atoms with E-state index in [2.05, 4.69) is 9.97 Å². The largest absolute Gasteiger partial charge is 0.462 e. The van der Waals surface area contributed by atoms with Crippen LogP contribution in [0, 0.1) is 0 Å². The highest BCUT2D eigenvalue weighted by Crippen LogP contribution is 2.31. The first-order chi connectivity index (χ1) is 15.2. The van der Waals surface area contributed by atoms with Gasteiger partial charge in [0.2, 0.25) is 0 Å². The van der Waals surface area contributed by atoms with Gasteiger partial charge in [-0.05, 0) is 50.1 Å². The Labute approximate surface area is 178 Å². The third kappa shape index (κ3) is 3.48. The van der Waals surface area contributed by atoms with Gasteiger partial charge in [0.15, 0.2) is 5.82 Å². The summed E-state index contributed by atoms with van der Waals surface area (Å²) in [4.78, 5) is 34.1. The fraction of sp³-hybridized carbons (Fsp3) is 0.348. The molecule has 1 aliphatic carbocycles. The standard InChI is InChI=1S/C23H23N5O3/c1-2-31-22(30)16-8-10-17(11-9-16)27-13-12-19-18(21(27)29)14-24-23-25-20(26-28(19)23)15-6-4-3-5-7-15/h8-15H,2-7H2,1H3. The van der Waals surface area contributed by atoms with Crippen LogP contribution in [0.5, 0.6) is 0 Å². The zero-order valence-electron chi connectivity index (χ0n) is 17.3. The number of carbonyl (C=O) groups is 1. The van der Waals surface area contributed by atoms with E-state index in [1.165, 1.54) is 23.8 Å². The fourth-order valence-electron chi connectivity index (χ4n) is 4.24. The molecule has 1 saturated carbocycles. The quantitative estimate of drug-likeness (QED) is 0.471. The summed E-state index contributed by atoms with van der Waals surface area (Å²) in [5, 5.41) is 5.16. The van der Waals surface area contributed by atoms with Crippen molar-refractivity contribution in [1.29, 1.82) is 0 Å². The predicted molar refractivity (Wildman–Crippen MR) is 116 cm³/mol. The van der Waals surface area contributed by atoms with E-state index < -0.39 is 0 Å². The number of rotatable bonds is 4. The molecule has 1 aromatic carbocycles. The lowest BCUT2D eigenvalue weighted by atomic mass is 9.89. The Kier molecular flexibility index (Phi) is 4.97. The van der Waals surface area contributed by atoms with E-state index in [1.807, 2.05) is 6.07 Å². The molecule has 4 aromatic rings. The molecule has 0 N–H and O–H groups in total. The van der Waals surface area contributed by atoms with Gasteiger partial charge in [-0.2, -0.15) is 9.50 Å². The average Bonchev–Trinajstić information content (AvgIpc) is 3.25. The van der Waals surface area contributed by atoms with Gasteiger partial charge in [-0.1, -0.05) is 19.3 Å². The maximum Gasteiger partial charge on any atom is 0.338 e. The number of nitrogens with zero attached hydrogens (tertiary/aromatic N) is 5. The molecule has 0 bridgehead atoms. The highest BCUT2D eigenvalue weighted by Gasteiger charge is 2.21. The summed E-state index contributed by atoms with van der Waals surface area (Å²) in [6, 6.07) is 8.60. The van der Waals surface area contributed by atoms with Crippen LogP contribution in [0.1, 0.15) is 61.1 Å². The molecule has 3 heterocycles. The van der Waals surface area contributed by atoms with Crippen LogP contribution in [-0.2, 0) is 4.74 Å². The van der Waals surface area contributed by atoms with Crippen LogP contribution in [0.15, 0.2) is 47.5 Å². The minimum absolute atomic E-state index is 0.203. The van der Waals surface area contributed by atoms with Crippen molar-refractivity contribution in [1.82, 2.24) is 24.1 Å². The number of pyridine rings is 1. The summed E-state index contributed by atoms with van der Waals surface area (Å²) >= 11 is 0. The molecule has 3 aromatic heterocycles. The van der Waals surface area contributed by atoms with Gasteiger partial charge in [-0.3, -0.25) is 9.36 Å². The smallest absolute Gasteiger partial charge is 0.338 e. The maximum atomic E-state index is 13.2. The van der Waals surface area contributed by atoms with Crippen LogP contribution in [0.2, 0.25) is 0 Å². The van der Waals surface area contributed by atoms with Crippen LogP contribution in [0.25, 0.3) is 22.4 Å². The second-order valence-electron chi connectivity index (χ2n) is 7.83. The molecule has 1 fully saturated rings. The number of aromatic nitrogens is 5. The molecular weight excluding hydrogens is 394 g/mol. The number of fused-ring (bicyclic) bond motifs is 3. The molecule has 0 unspecified atom stereocenters. The summed E-state index contributed by atoms with van der Waals surface area (Å²) in [6.07, 6.45) is 9.15. The maximum absolute atomic E-state index is 13.2. The predicted octanol–water partition coefficient (Wildman–Crippen LogP) is 3.65. The summed E-state index contributed by atoms with van der Waals surface area (Å²) < 4.78 is 8.22. The fourth-order valence-corrected chi connectivity index (χ4v) is 4.24. The minimum atomic E-state index is -0.383. The number of hydrogen-bond donors (Lipinski definition) is 0. The molecule has 0 spiro atoms. The van der Waals surface area contributed by atoms with E-state index in [-0.39, 0.29) is 11.5 Å². The Morgan fingerprint density at radius 2 is 1.90 bits per heavy atom. The normalized spacial score (nSPS) is 14.9. The highest BCUT2D eigenvalue weighted by atomic mass is 16.5. The van der Waals surface area contributed by atoms with Crippen LogP contribution in [0.3, 0.4) is 0 Å². The van der Waals surface area contributed by atoms with E-state index in [1.54, 1.807) is 48.1 Å². The molecule has 0 atom stereocenters. The molecule has 1 aliphatic rings. The molecule has 8 nitrogen and oxygen atoms in total. The van der Waals surface area contributed by atoms with Gasteiger partial charge in [-0.15, -0.1) is 5.10 Å². The molecule has 0 aliphatic heterocycles. The van der Waals surface area contributed by atoms with Crippen molar-refractivity contribution in [3.63, 3.8) is 0 Å². The van der Waals surface area contributed by atoms with Crippen molar-refractivity contribution in [3.8, 4) is 5.69 Å². The monoisotopic (exact) mass is 417 g/mol. The zero-order chi connectivity index (χ0) is 21.4. The molecule has 5 rings (SSSR count). The van der Waals surface area contributed by atoms with Gasteiger partial charge in [0, 0.05) is 24.0 Å². The Hall–Kier alpha value is -3.55. The molecule has 8 heteroatoms. The van der Waals surface area contributed by atoms with Crippen LogP contribution in [0.4, 0.5) is 0 Å². The van der Waals surface area contributed by atoms with Gasteiger partial charge in [-0.25, -0.2) is 9.78 Å². The minimum Gasteiger partial charge on any atom is -0.462 e. The van der Waals surface area contributed by atoms with Gasteiger partial charge in [0.25, 0.3) is 11.3 Å². The van der Waals surface area contributed by atoms with E-state index in [9.17, 15) is 9.59 Å². The number of carbonyl (C=O) groups excluding carboxylic acids is 1. The summed E-state index contributed by atoms with van der Waals surface area (Å²) in [6.45, 7) is 2.08. The van der Waals surface area contributed by atoms with Gasteiger partial charge < -0.3 is 4.74 Å². The molecule has 0 saturated heterocycles. The van der Waals surface area contributed by atoms with Gasteiger partial charge >= 0.3 is 5.97 Å². The zero-order valence-corrected chi connectivity index (χ0v) is 17.3. The molecular formula is C23H23N5O3. The van der Waals surface area contributed by atoms with Gasteiger partial charge in [0.05, 0.1) is 23.1 Å². The van der Waals surface area contributed by atoms with Crippen molar-refractivity contribution < 1.29 is 9.53 Å².